The zero-order valence-corrected chi connectivity index (χ0v) is 15.6. The van der Waals surface area contributed by atoms with Crippen molar-refractivity contribution in [1.29, 1.82) is 0 Å². The van der Waals surface area contributed by atoms with E-state index in [1.165, 1.54) is 0 Å². The van der Waals surface area contributed by atoms with Crippen LogP contribution in [0.1, 0.15) is 24.2 Å². The van der Waals surface area contributed by atoms with Crippen LogP contribution < -0.4 is 25.4 Å². The lowest BCUT2D eigenvalue weighted by atomic mass is 10.2. The van der Waals surface area contributed by atoms with Gasteiger partial charge in [-0.05, 0) is 42.5 Å². The van der Waals surface area contributed by atoms with Gasteiger partial charge in [-0.1, -0.05) is 13.8 Å². The Morgan fingerprint density at radius 3 is 2.25 bits per heavy atom. The molecule has 1 heterocycles. The van der Waals surface area contributed by atoms with E-state index in [2.05, 4.69) is 16.0 Å². The summed E-state index contributed by atoms with van der Waals surface area (Å²) in [4.78, 5) is 35.9. The fourth-order valence-corrected chi connectivity index (χ4v) is 2.43. The van der Waals surface area contributed by atoms with E-state index in [-0.39, 0.29) is 37.0 Å². The highest BCUT2D eigenvalue weighted by molar-refractivity contribution is 6.00. The molecule has 1 aliphatic rings. The van der Waals surface area contributed by atoms with E-state index in [4.69, 9.17) is 9.47 Å². The van der Waals surface area contributed by atoms with Crippen molar-refractivity contribution in [3.63, 3.8) is 0 Å². The van der Waals surface area contributed by atoms with Crippen LogP contribution in [0.15, 0.2) is 42.5 Å². The Labute approximate surface area is 162 Å². The number of benzene rings is 2. The Morgan fingerprint density at radius 2 is 1.57 bits per heavy atom. The van der Waals surface area contributed by atoms with E-state index >= 15 is 0 Å². The van der Waals surface area contributed by atoms with Gasteiger partial charge in [0.25, 0.3) is 5.91 Å². The first-order valence-electron chi connectivity index (χ1n) is 8.81. The second-order valence-corrected chi connectivity index (χ2v) is 6.52. The van der Waals surface area contributed by atoms with Crippen molar-refractivity contribution in [3.8, 4) is 11.5 Å². The molecule has 28 heavy (non-hydrogen) atoms. The van der Waals surface area contributed by atoms with E-state index < -0.39 is 0 Å². The highest BCUT2D eigenvalue weighted by Gasteiger charge is 2.16. The van der Waals surface area contributed by atoms with Crippen molar-refractivity contribution in [1.82, 2.24) is 5.32 Å². The van der Waals surface area contributed by atoms with E-state index in [1.807, 2.05) is 13.8 Å². The van der Waals surface area contributed by atoms with Crippen molar-refractivity contribution in [2.24, 2.45) is 5.92 Å². The largest absolute Gasteiger partial charge is 0.454 e. The van der Waals surface area contributed by atoms with Gasteiger partial charge < -0.3 is 25.4 Å². The molecule has 2 aromatic carbocycles. The molecule has 2 aromatic rings. The van der Waals surface area contributed by atoms with Crippen molar-refractivity contribution < 1.29 is 23.9 Å². The summed E-state index contributed by atoms with van der Waals surface area (Å²) in [5.41, 5.74) is 1.58. The van der Waals surface area contributed by atoms with Gasteiger partial charge in [-0.3, -0.25) is 14.4 Å². The van der Waals surface area contributed by atoms with Gasteiger partial charge in [0.15, 0.2) is 11.5 Å². The SMILES string of the molecule is CC(C)C(=O)Nc1ccc(NC(=O)CNC(=O)c2ccc3c(c2)OCO3)cc1. The summed E-state index contributed by atoms with van der Waals surface area (Å²) in [7, 11) is 0. The fourth-order valence-electron chi connectivity index (χ4n) is 2.43. The van der Waals surface area contributed by atoms with Crippen LogP contribution in [0.3, 0.4) is 0 Å². The molecular formula is C20H21N3O5. The molecule has 0 saturated carbocycles. The molecule has 0 unspecified atom stereocenters. The predicted molar refractivity (Wildman–Crippen MR) is 103 cm³/mol. The highest BCUT2D eigenvalue weighted by atomic mass is 16.7. The lowest BCUT2D eigenvalue weighted by Gasteiger charge is -2.10. The molecule has 0 atom stereocenters. The number of nitrogens with one attached hydrogen (secondary N) is 3. The summed E-state index contributed by atoms with van der Waals surface area (Å²) in [5.74, 6) is 0.132. The molecule has 8 nitrogen and oxygen atoms in total. The number of ether oxygens (including phenoxy) is 2. The molecule has 0 aliphatic carbocycles. The summed E-state index contributed by atoms with van der Waals surface area (Å²) < 4.78 is 10.4. The first kappa shape index (κ1) is 19.2. The van der Waals surface area contributed by atoms with Crippen molar-refractivity contribution in [3.05, 3.63) is 48.0 Å². The molecule has 0 saturated heterocycles. The molecule has 0 spiro atoms. The summed E-state index contributed by atoms with van der Waals surface area (Å²) in [5, 5.41) is 8.01. The van der Waals surface area contributed by atoms with Gasteiger partial charge >= 0.3 is 0 Å². The van der Waals surface area contributed by atoms with Crippen LogP contribution in [0.4, 0.5) is 11.4 Å². The zero-order chi connectivity index (χ0) is 20.1. The molecule has 8 heteroatoms. The normalized spacial score (nSPS) is 11.8. The predicted octanol–water partition coefficient (Wildman–Crippen LogP) is 2.38. The van der Waals surface area contributed by atoms with Gasteiger partial charge in [-0.2, -0.15) is 0 Å². The van der Waals surface area contributed by atoms with Crippen LogP contribution >= 0.6 is 0 Å². The minimum atomic E-state index is -0.389. The van der Waals surface area contributed by atoms with Crippen molar-refractivity contribution in [2.75, 3.05) is 24.0 Å². The zero-order valence-electron chi connectivity index (χ0n) is 15.6. The second-order valence-electron chi connectivity index (χ2n) is 6.52. The molecule has 0 aromatic heterocycles. The molecule has 3 N–H and O–H groups in total. The maximum absolute atomic E-state index is 12.2. The van der Waals surface area contributed by atoms with Crippen LogP contribution in [-0.4, -0.2) is 31.1 Å². The molecule has 0 fully saturated rings. The Kier molecular flexibility index (Phi) is 5.78. The number of hydrogen-bond acceptors (Lipinski definition) is 5. The Morgan fingerprint density at radius 1 is 0.929 bits per heavy atom. The highest BCUT2D eigenvalue weighted by Crippen LogP contribution is 2.32. The minimum absolute atomic E-state index is 0.0805. The number of rotatable bonds is 6. The molecule has 0 bridgehead atoms. The van der Waals surface area contributed by atoms with Crippen LogP contribution in [0.25, 0.3) is 0 Å². The summed E-state index contributed by atoms with van der Waals surface area (Å²) in [6.45, 7) is 3.56. The fraction of sp³-hybridized carbons (Fsp3) is 0.250. The molecule has 3 amide bonds. The number of carbonyl (C=O) groups is 3. The smallest absolute Gasteiger partial charge is 0.251 e. The Hall–Kier alpha value is -3.55. The van der Waals surface area contributed by atoms with Gasteiger partial charge in [0, 0.05) is 22.9 Å². The van der Waals surface area contributed by atoms with Crippen LogP contribution in [0.2, 0.25) is 0 Å². The van der Waals surface area contributed by atoms with E-state index in [1.54, 1.807) is 42.5 Å². The van der Waals surface area contributed by atoms with Crippen LogP contribution in [-0.2, 0) is 9.59 Å². The molecule has 146 valence electrons. The summed E-state index contributed by atoms with van der Waals surface area (Å²) in [6, 6.07) is 11.6. The Bertz CT molecular complexity index is 893. The van der Waals surface area contributed by atoms with E-state index in [0.717, 1.165) is 0 Å². The lowest BCUT2D eigenvalue weighted by Crippen LogP contribution is -2.32. The minimum Gasteiger partial charge on any atom is -0.454 e. The van der Waals surface area contributed by atoms with Crippen LogP contribution in [0, 0.1) is 5.92 Å². The van der Waals surface area contributed by atoms with E-state index in [9.17, 15) is 14.4 Å². The van der Waals surface area contributed by atoms with Gasteiger partial charge in [0.05, 0.1) is 6.54 Å². The summed E-state index contributed by atoms with van der Waals surface area (Å²) >= 11 is 0. The summed E-state index contributed by atoms with van der Waals surface area (Å²) in [6.07, 6.45) is 0. The lowest BCUT2D eigenvalue weighted by molar-refractivity contribution is -0.119. The monoisotopic (exact) mass is 383 g/mol. The standard InChI is InChI=1S/C20H21N3O5/c1-12(2)19(25)23-15-6-4-14(5-7-15)22-18(24)10-21-20(26)13-3-8-16-17(9-13)28-11-27-16/h3-9,12H,10-11H2,1-2H3,(H,21,26)(H,22,24)(H,23,25). The molecule has 3 rings (SSSR count). The topological polar surface area (TPSA) is 106 Å². The van der Waals surface area contributed by atoms with Gasteiger partial charge in [-0.15, -0.1) is 0 Å². The van der Waals surface area contributed by atoms with Gasteiger partial charge in [-0.25, -0.2) is 0 Å². The third kappa shape index (κ3) is 4.79. The quantitative estimate of drug-likeness (QED) is 0.710. The van der Waals surface area contributed by atoms with E-state index in [0.29, 0.717) is 28.4 Å². The molecular weight excluding hydrogens is 362 g/mol. The average molecular weight is 383 g/mol. The number of carbonyl (C=O) groups excluding carboxylic acids is 3. The maximum atomic E-state index is 12.2. The maximum Gasteiger partial charge on any atom is 0.251 e. The first-order valence-corrected chi connectivity index (χ1v) is 8.81. The number of amides is 3. The first-order chi connectivity index (χ1) is 13.4. The van der Waals surface area contributed by atoms with Crippen molar-refractivity contribution >= 4 is 29.1 Å². The third-order valence-corrected chi connectivity index (χ3v) is 4.00. The number of fused-ring (bicyclic) bond motifs is 1. The van der Waals surface area contributed by atoms with Gasteiger partial charge in [0.1, 0.15) is 0 Å². The average Bonchev–Trinajstić information content (AvgIpc) is 3.15. The number of hydrogen-bond donors (Lipinski definition) is 3. The molecule has 0 radical (unpaired) electrons. The molecule has 1 aliphatic heterocycles. The van der Waals surface area contributed by atoms with Gasteiger partial charge in [0.2, 0.25) is 18.6 Å². The van der Waals surface area contributed by atoms with Crippen molar-refractivity contribution in [2.45, 2.75) is 13.8 Å². The second kappa shape index (κ2) is 8.43. The Balaban J connectivity index is 1.49. The third-order valence-electron chi connectivity index (χ3n) is 4.00. The van der Waals surface area contributed by atoms with Crippen LogP contribution in [0.5, 0.6) is 11.5 Å². The number of anilines is 2.